The Morgan fingerprint density at radius 1 is 1.08 bits per heavy atom. The molecule has 0 aliphatic carbocycles. The van der Waals surface area contributed by atoms with Gasteiger partial charge < -0.3 is 4.90 Å². The minimum absolute atomic E-state index is 0.342. The molecule has 1 aliphatic rings. The van der Waals surface area contributed by atoms with E-state index >= 15 is 0 Å². The standard InChI is InChI=1S/C18H18N8/c1-2-6-14(7-3-1)26-18-16(22-23-26)17(19-13-20-18)25-11-4-8-15(25)12-24-10-5-9-21-24/h1-3,5-7,9-10,13,15H,4,8,11-12H2. The SMILES string of the molecule is c1ccc(-n2nnc3c(N4CCCC4Cn4cccn4)ncnc32)cc1. The molecule has 3 aromatic heterocycles. The highest BCUT2D eigenvalue weighted by Gasteiger charge is 2.29. The number of fused-ring (bicyclic) bond motifs is 1. The van der Waals surface area contributed by atoms with Crippen molar-refractivity contribution < 1.29 is 0 Å². The Bertz CT molecular complexity index is 1010. The summed E-state index contributed by atoms with van der Waals surface area (Å²) in [5.74, 6) is 0.854. The smallest absolute Gasteiger partial charge is 0.189 e. The third kappa shape index (κ3) is 2.50. The number of anilines is 1. The van der Waals surface area contributed by atoms with Gasteiger partial charge in [-0.25, -0.2) is 9.97 Å². The summed E-state index contributed by atoms with van der Waals surface area (Å²) in [6.45, 7) is 1.79. The molecule has 5 rings (SSSR count). The fraction of sp³-hybridized carbons (Fsp3) is 0.278. The molecule has 1 unspecified atom stereocenters. The maximum Gasteiger partial charge on any atom is 0.189 e. The first-order valence-electron chi connectivity index (χ1n) is 8.76. The van der Waals surface area contributed by atoms with Crippen molar-refractivity contribution in [2.45, 2.75) is 25.4 Å². The molecule has 0 bridgehead atoms. The molecule has 0 radical (unpaired) electrons. The predicted octanol–water partition coefficient (Wildman–Crippen LogP) is 2.08. The molecule has 0 spiro atoms. The number of benzene rings is 1. The first kappa shape index (κ1) is 15.0. The summed E-state index contributed by atoms with van der Waals surface area (Å²) in [7, 11) is 0. The molecular weight excluding hydrogens is 328 g/mol. The molecule has 1 fully saturated rings. The molecule has 1 aromatic carbocycles. The van der Waals surface area contributed by atoms with Crippen LogP contribution in [0.2, 0.25) is 0 Å². The third-order valence-corrected chi connectivity index (χ3v) is 4.83. The van der Waals surface area contributed by atoms with E-state index in [1.54, 1.807) is 11.0 Å². The summed E-state index contributed by atoms with van der Waals surface area (Å²) >= 11 is 0. The predicted molar refractivity (Wildman–Crippen MR) is 97.1 cm³/mol. The van der Waals surface area contributed by atoms with Crippen LogP contribution in [0.4, 0.5) is 5.82 Å². The maximum atomic E-state index is 4.54. The second kappa shape index (κ2) is 6.21. The summed E-state index contributed by atoms with van der Waals surface area (Å²) in [4.78, 5) is 11.3. The first-order valence-corrected chi connectivity index (χ1v) is 8.76. The number of hydrogen-bond donors (Lipinski definition) is 0. The summed E-state index contributed by atoms with van der Waals surface area (Å²) in [5.41, 5.74) is 2.41. The maximum absolute atomic E-state index is 4.54. The van der Waals surface area contributed by atoms with Gasteiger partial charge in [0.15, 0.2) is 17.0 Å². The minimum Gasteiger partial charge on any atom is -0.350 e. The Labute approximate surface area is 150 Å². The molecule has 8 heteroatoms. The lowest BCUT2D eigenvalue weighted by atomic mass is 10.2. The van der Waals surface area contributed by atoms with E-state index in [4.69, 9.17) is 0 Å². The quantitative estimate of drug-likeness (QED) is 0.563. The van der Waals surface area contributed by atoms with E-state index in [9.17, 15) is 0 Å². The summed E-state index contributed by atoms with van der Waals surface area (Å²) < 4.78 is 3.74. The van der Waals surface area contributed by atoms with Crippen molar-refractivity contribution in [2.75, 3.05) is 11.4 Å². The Morgan fingerprint density at radius 3 is 2.85 bits per heavy atom. The van der Waals surface area contributed by atoms with E-state index in [-0.39, 0.29) is 0 Å². The molecule has 130 valence electrons. The van der Waals surface area contributed by atoms with Crippen LogP contribution in [0.25, 0.3) is 16.9 Å². The van der Waals surface area contributed by atoms with Crippen molar-refractivity contribution in [1.29, 1.82) is 0 Å². The lowest BCUT2D eigenvalue weighted by Gasteiger charge is -2.25. The molecular formula is C18H18N8. The van der Waals surface area contributed by atoms with E-state index in [2.05, 4.69) is 30.3 Å². The van der Waals surface area contributed by atoms with Gasteiger partial charge in [-0.15, -0.1) is 5.10 Å². The van der Waals surface area contributed by atoms with Crippen LogP contribution in [0.5, 0.6) is 0 Å². The van der Waals surface area contributed by atoms with Gasteiger partial charge in [0.05, 0.1) is 18.3 Å². The lowest BCUT2D eigenvalue weighted by Crippen LogP contribution is -2.34. The zero-order valence-corrected chi connectivity index (χ0v) is 14.2. The topological polar surface area (TPSA) is 77.5 Å². The first-order chi connectivity index (χ1) is 12.9. The van der Waals surface area contributed by atoms with Crippen LogP contribution in [-0.2, 0) is 6.54 Å². The molecule has 0 N–H and O–H groups in total. The van der Waals surface area contributed by atoms with Crippen LogP contribution in [0.1, 0.15) is 12.8 Å². The molecule has 0 saturated carbocycles. The normalized spacial score (nSPS) is 17.2. The second-order valence-corrected chi connectivity index (χ2v) is 6.42. The highest BCUT2D eigenvalue weighted by Crippen LogP contribution is 2.29. The van der Waals surface area contributed by atoms with Crippen LogP contribution in [-0.4, -0.2) is 47.3 Å². The monoisotopic (exact) mass is 346 g/mol. The number of para-hydroxylation sites is 1. The highest BCUT2D eigenvalue weighted by molar-refractivity contribution is 5.83. The van der Waals surface area contributed by atoms with Gasteiger partial charge in [-0.2, -0.15) is 9.78 Å². The molecule has 26 heavy (non-hydrogen) atoms. The Hall–Kier alpha value is -3.29. The van der Waals surface area contributed by atoms with Gasteiger partial charge in [0.2, 0.25) is 0 Å². The van der Waals surface area contributed by atoms with E-state index in [1.165, 1.54) is 0 Å². The number of nitrogens with zero attached hydrogens (tertiary/aromatic N) is 8. The van der Waals surface area contributed by atoms with Crippen LogP contribution in [0.3, 0.4) is 0 Å². The zero-order valence-electron chi connectivity index (χ0n) is 14.2. The van der Waals surface area contributed by atoms with E-state index in [1.807, 2.05) is 53.5 Å². The molecule has 1 aliphatic heterocycles. The van der Waals surface area contributed by atoms with Gasteiger partial charge in [-0.3, -0.25) is 4.68 Å². The molecule has 4 aromatic rings. The summed E-state index contributed by atoms with van der Waals surface area (Å²) in [6, 6.07) is 12.2. The molecule has 1 saturated heterocycles. The van der Waals surface area contributed by atoms with Gasteiger partial charge in [-0.1, -0.05) is 23.4 Å². The van der Waals surface area contributed by atoms with Crippen molar-refractivity contribution in [3.63, 3.8) is 0 Å². The van der Waals surface area contributed by atoms with E-state index in [0.717, 1.165) is 48.6 Å². The van der Waals surface area contributed by atoms with Crippen molar-refractivity contribution in [3.05, 3.63) is 55.1 Å². The summed E-state index contributed by atoms with van der Waals surface area (Å²) in [5, 5.41) is 13.1. The number of hydrogen-bond acceptors (Lipinski definition) is 6. The average Bonchev–Trinajstić information content (AvgIpc) is 3.43. The van der Waals surface area contributed by atoms with Crippen molar-refractivity contribution in [2.24, 2.45) is 0 Å². The van der Waals surface area contributed by atoms with Crippen LogP contribution in [0, 0.1) is 0 Å². The largest absolute Gasteiger partial charge is 0.350 e. The van der Waals surface area contributed by atoms with Gasteiger partial charge in [0.25, 0.3) is 0 Å². The van der Waals surface area contributed by atoms with Gasteiger partial charge in [0.1, 0.15) is 6.33 Å². The van der Waals surface area contributed by atoms with Gasteiger partial charge in [0, 0.05) is 18.9 Å². The molecule has 1 atom stereocenters. The minimum atomic E-state index is 0.342. The second-order valence-electron chi connectivity index (χ2n) is 6.42. The Morgan fingerprint density at radius 2 is 2.00 bits per heavy atom. The Balaban J connectivity index is 1.54. The fourth-order valence-electron chi connectivity index (χ4n) is 3.62. The van der Waals surface area contributed by atoms with Crippen molar-refractivity contribution in [3.8, 4) is 5.69 Å². The van der Waals surface area contributed by atoms with Gasteiger partial charge >= 0.3 is 0 Å². The highest BCUT2D eigenvalue weighted by atomic mass is 15.5. The average molecular weight is 346 g/mol. The summed E-state index contributed by atoms with van der Waals surface area (Å²) in [6.07, 6.45) is 7.65. The van der Waals surface area contributed by atoms with Crippen LogP contribution >= 0.6 is 0 Å². The van der Waals surface area contributed by atoms with Crippen molar-refractivity contribution >= 4 is 17.0 Å². The van der Waals surface area contributed by atoms with Gasteiger partial charge in [-0.05, 0) is 31.0 Å². The molecule has 8 nitrogen and oxygen atoms in total. The van der Waals surface area contributed by atoms with E-state index < -0.39 is 0 Å². The number of rotatable bonds is 4. The molecule has 4 heterocycles. The van der Waals surface area contributed by atoms with Crippen LogP contribution in [0.15, 0.2) is 55.1 Å². The number of aromatic nitrogens is 7. The van der Waals surface area contributed by atoms with E-state index in [0.29, 0.717) is 6.04 Å². The lowest BCUT2D eigenvalue weighted by molar-refractivity contribution is 0.508. The fourth-order valence-corrected chi connectivity index (χ4v) is 3.62. The zero-order chi connectivity index (χ0) is 17.3. The third-order valence-electron chi connectivity index (χ3n) is 4.83. The Kier molecular flexibility index (Phi) is 3.59. The van der Waals surface area contributed by atoms with Crippen molar-refractivity contribution in [1.82, 2.24) is 34.7 Å². The molecule has 0 amide bonds. The van der Waals surface area contributed by atoms with Crippen LogP contribution < -0.4 is 4.90 Å².